The van der Waals surface area contributed by atoms with Crippen molar-refractivity contribution in [3.8, 4) is 0 Å². The summed E-state index contributed by atoms with van der Waals surface area (Å²) in [7, 11) is -3.14. The van der Waals surface area contributed by atoms with Crippen LogP contribution in [-0.4, -0.2) is 55.4 Å². The summed E-state index contributed by atoms with van der Waals surface area (Å²) in [6.07, 6.45) is 1.86. The van der Waals surface area contributed by atoms with Crippen LogP contribution in [0.2, 0.25) is 0 Å². The van der Waals surface area contributed by atoms with Gasteiger partial charge in [0.05, 0.1) is 16.9 Å². The zero-order valence-corrected chi connectivity index (χ0v) is 17.7. The molecule has 1 aliphatic carbocycles. The van der Waals surface area contributed by atoms with E-state index >= 15 is 0 Å². The molecule has 0 spiro atoms. The van der Waals surface area contributed by atoms with Crippen LogP contribution in [0.5, 0.6) is 0 Å². The van der Waals surface area contributed by atoms with Crippen molar-refractivity contribution < 1.29 is 27.1 Å². The van der Waals surface area contributed by atoms with E-state index in [1.54, 1.807) is 25.1 Å². The maximum atomic E-state index is 14.5. The molecule has 0 aromatic heterocycles. The summed E-state index contributed by atoms with van der Waals surface area (Å²) >= 11 is 0. The largest absolute Gasteiger partial charge is 0.452 e. The number of halogens is 1. The number of benzene rings is 1. The van der Waals surface area contributed by atoms with Crippen LogP contribution in [0.15, 0.2) is 24.3 Å². The van der Waals surface area contributed by atoms with E-state index in [2.05, 4.69) is 0 Å². The number of sulfone groups is 1. The van der Waals surface area contributed by atoms with Crippen LogP contribution in [0.25, 0.3) is 0 Å². The molecule has 0 radical (unpaired) electrons. The van der Waals surface area contributed by atoms with Gasteiger partial charge in [0.15, 0.2) is 15.9 Å². The Balaban J connectivity index is 1.76. The fourth-order valence-electron chi connectivity index (χ4n) is 4.58. The molecular formula is C21H28FNO5S. The van der Waals surface area contributed by atoms with Gasteiger partial charge in [0.25, 0.3) is 5.91 Å². The van der Waals surface area contributed by atoms with Gasteiger partial charge in [-0.05, 0) is 39.2 Å². The highest BCUT2D eigenvalue weighted by Gasteiger charge is 2.47. The van der Waals surface area contributed by atoms with Crippen LogP contribution >= 0.6 is 0 Å². The summed E-state index contributed by atoms with van der Waals surface area (Å²) in [4.78, 5) is 27.5. The number of carbonyl (C=O) groups excluding carboxylic acids is 2. The number of nitrogens with zero attached hydrogens (tertiary/aromatic N) is 1. The molecule has 3 rings (SSSR count). The number of carbonyl (C=O) groups is 2. The van der Waals surface area contributed by atoms with Crippen molar-refractivity contribution in [1.29, 1.82) is 0 Å². The minimum Gasteiger partial charge on any atom is -0.452 e. The lowest BCUT2D eigenvalue weighted by Crippen LogP contribution is -2.48. The summed E-state index contributed by atoms with van der Waals surface area (Å²) in [5.41, 5.74) is -0.760. The molecule has 1 aliphatic heterocycles. The molecular weight excluding hydrogens is 397 g/mol. The SMILES string of the molecule is CCN(C(=O)[C@@H](C)OC(=O)C1(c2ccccc2F)CCCC1)[C@@H]1CCS(=O)(=O)C1. The van der Waals surface area contributed by atoms with E-state index in [4.69, 9.17) is 4.74 Å². The van der Waals surface area contributed by atoms with Crippen molar-refractivity contribution in [1.82, 2.24) is 4.90 Å². The van der Waals surface area contributed by atoms with Crippen LogP contribution < -0.4 is 0 Å². The summed E-state index contributed by atoms with van der Waals surface area (Å²) < 4.78 is 43.6. The molecule has 1 amide bonds. The van der Waals surface area contributed by atoms with E-state index < -0.39 is 45.1 Å². The van der Waals surface area contributed by atoms with Gasteiger partial charge in [-0.2, -0.15) is 0 Å². The molecule has 1 saturated carbocycles. The predicted molar refractivity (Wildman–Crippen MR) is 107 cm³/mol. The first-order chi connectivity index (χ1) is 13.7. The molecule has 0 N–H and O–H groups in total. The van der Waals surface area contributed by atoms with E-state index in [9.17, 15) is 22.4 Å². The van der Waals surface area contributed by atoms with Gasteiger partial charge in [0.2, 0.25) is 0 Å². The zero-order chi connectivity index (χ0) is 21.2. The monoisotopic (exact) mass is 425 g/mol. The summed E-state index contributed by atoms with van der Waals surface area (Å²) in [5.74, 6) is -1.45. The molecule has 8 heteroatoms. The molecule has 2 aliphatic rings. The van der Waals surface area contributed by atoms with E-state index in [0.717, 1.165) is 12.8 Å². The maximum absolute atomic E-state index is 14.5. The maximum Gasteiger partial charge on any atom is 0.317 e. The van der Waals surface area contributed by atoms with Gasteiger partial charge < -0.3 is 9.64 Å². The van der Waals surface area contributed by atoms with Crippen molar-refractivity contribution in [2.75, 3.05) is 18.1 Å². The van der Waals surface area contributed by atoms with Gasteiger partial charge in [0, 0.05) is 18.2 Å². The van der Waals surface area contributed by atoms with E-state index in [1.165, 1.54) is 17.9 Å². The first-order valence-corrected chi connectivity index (χ1v) is 12.0. The van der Waals surface area contributed by atoms with Gasteiger partial charge in [-0.25, -0.2) is 12.8 Å². The van der Waals surface area contributed by atoms with Gasteiger partial charge in [-0.3, -0.25) is 9.59 Å². The number of esters is 1. The number of rotatable bonds is 6. The first-order valence-electron chi connectivity index (χ1n) is 10.2. The second-order valence-corrected chi connectivity index (χ2v) is 10.2. The second-order valence-electron chi connectivity index (χ2n) is 8.00. The zero-order valence-electron chi connectivity index (χ0n) is 16.9. The molecule has 1 aromatic carbocycles. The average molecular weight is 426 g/mol. The highest BCUT2D eigenvalue weighted by molar-refractivity contribution is 7.91. The number of hydrogen-bond acceptors (Lipinski definition) is 5. The Morgan fingerprint density at radius 2 is 1.93 bits per heavy atom. The van der Waals surface area contributed by atoms with E-state index in [1.807, 2.05) is 0 Å². The van der Waals surface area contributed by atoms with Crippen LogP contribution in [0, 0.1) is 5.82 Å². The van der Waals surface area contributed by atoms with Crippen molar-refractivity contribution in [3.63, 3.8) is 0 Å². The molecule has 2 atom stereocenters. The van der Waals surface area contributed by atoms with Crippen molar-refractivity contribution in [3.05, 3.63) is 35.6 Å². The van der Waals surface area contributed by atoms with Crippen molar-refractivity contribution in [2.24, 2.45) is 0 Å². The Morgan fingerprint density at radius 1 is 1.28 bits per heavy atom. The third kappa shape index (κ3) is 4.32. The van der Waals surface area contributed by atoms with Crippen molar-refractivity contribution >= 4 is 21.7 Å². The topological polar surface area (TPSA) is 80.8 Å². The Morgan fingerprint density at radius 3 is 2.48 bits per heavy atom. The highest BCUT2D eigenvalue weighted by atomic mass is 32.2. The van der Waals surface area contributed by atoms with Gasteiger partial charge in [-0.15, -0.1) is 0 Å². The molecule has 29 heavy (non-hydrogen) atoms. The average Bonchev–Trinajstić information content (AvgIpc) is 3.30. The highest BCUT2D eigenvalue weighted by Crippen LogP contribution is 2.43. The minimum absolute atomic E-state index is 0.0615. The Kier molecular flexibility index (Phi) is 6.31. The van der Waals surface area contributed by atoms with Crippen LogP contribution in [0.3, 0.4) is 0 Å². The number of hydrogen-bond donors (Lipinski definition) is 0. The molecule has 1 saturated heterocycles. The Hall–Kier alpha value is -1.96. The van der Waals surface area contributed by atoms with E-state index in [0.29, 0.717) is 31.4 Å². The van der Waals surface area contributed by atoms with Crippen molar-refractivity contribution in [2.45, 2.75) is 63.5 Å². The second kappa shape index (κ2) is 8.42. The van der Waals surface area contributed by atoms with Crippen LogP contribution in [-0.2, 0) is 29.6 Å². The lowest BCUT2D eigenvalue weighted by Gasteiger charge is -2.32. The molecule has 2 fully saturated rings. The predicted octanol–water partition coefficient (Wildman–Crippen LogP) is 2.60. The number of ether oxygens (including phenoxy) is 1. The Labute approximate surface area is 171 Å². The molecule has 1 aromatic rings. The summed E-state index contributed by atoms with van der Waals surface area (Å²) in [6.45, 7) is 3.60. The molecule has 6 nitrogen and oxygen atoms in total. The molecule has 0 bridgehead atoms. The quantitative estimate of drug-likeness (QED) is 0.655. The fourth-order valence-corrected chi connectivity index (χ4v) is 6.31. The van der Waals surface area contributed by atoms with Gasteiger partial charge in [-0.1, -0.05) is 31.0 Å². The smallest absolute Gasteiger partial charge is 0.317 e. The third-order valence-corrected chi connectivity index (χ3v) is 7.89. The fraction of sp³-hybridized carbons (Fsp3) is 0.619. The first kappa shape index (κ1) is 21.7. The number of likely N-dealkylation sites (N-methyl/N-ethyl adjacent to an activating group) is 1. The van der Waals surface area contributed by atoms with Crippen LogP contribution in [0.4, 0.5) is 4.39 Å². The standard InChI is InChI=1S/C21H28FNO5S/c1-3-23(16-10-13-29(26,27)14-16)19(24)15(2)28-20(25)21(11-6-7-12-21)17-8-4-5-9-18(17)22/h4-5,8-9,15-16H,3,6-7,10-14H2,1-2H3/t15-,16-/m1/s1. The van der Waals surface area contributed by atoms with Crippen LogP contribution in [0.1, 0.15) is 51.5 Å². The molecule has 1 heterocycles. The lowest BCUT2D eigenvalue weighted by atomic mass is 9.78. The Bertz CT molecular complexity index is 879. The lowest BCUT2D eigenvalue weighted by molar-refractivity contribution is -0.164. The third-order valence-electron chi connectivity index (χ3n) is 6.14. The van der Waals surface area contributed by atoms with Gasteiger partial charge in [0.1, 0.15) is 5.82 Å². The molecule has 0 unspecified atom stereocenters. The van der Waals surface area contributed by atoms with Gasteiger partial charge >= 0.3 is 5.97 Å². The number of amides is 1. The summed E-state index contributed by atoms with van der Waals surface area (Å²) in [5, 5.41) is 0. The summed E-state index contributed by atoms with van der Waals surface area (Å²) in [6, 6.07) is 5.81. The minimum atomic E-state index is -3.14. The van der Waals surface area contributed by atoms with E-state index in [-0.39, 0.29) is 11.5 Å². The normalized spacial score (nSPS) is 23.5. The molecule has 160 valence electrons.